The lowest BCUT2D eigenvalue weighted by Gasteiger charge is -2.09. The van der Waals surface area contributed by atoms with Gasteiger partial charge >= 0.3 is 0 Å². The minimum atomic E-state index is -3.47. The van der Waals surface area contributed by atoms with Gasteiger partial charge in [0.2, 0.25) is 10.0 Å². The lowest BCUT2D eigenvalue weighted by molar-refractivity contribution is 0.265. The van der Waals surface area contributed by atoms with Crippen LogP contribution in [0.3, 0.4) is 0 Å². The first kappa shape index (κ1) is 10.2. The number of hydrogen-bond donors (Lipinski definition) is 3. The predicted octanol–water partition coefficient (Wildman–Crippen LogP) is -0.326. The van der Waals surface area contributed by atoms with Gasteiger partial charge in [0.15, 0.2) is 0 Å². The number of aromatic nitrogens is 1. The van der Waals surface area contributed by atoms with Crippen LogP contribution >= 0.6 is 0 Å². The Morgan fingerprint density at radius 3 is 2.85 bits per heavy atom. The summed E-state index contributed by atoms with van der Waals surface area (Å²) in [4.78, 5) is 2.82. The molecule has 74 valence electrons. The second kappa shape index (κ2) is 3.91. The van der Waals surface area contributed by atoms with Crippen molar-refractivity contribution < 1.29 is 13.5 Å². The first-order valence-corrected chi connectivity index (χ1v) is 5.30. The number of hydrogen-bond acceptors (Lipinski definition) is 3. The highest BCUT2D eigenvalue weighted by Crippen LogP contribution is 2.06. The van der Waals surface area contributed by atoms with Crippen molar-refractivity contribution in [2.24, 2.45) is 0 Å². The molecule has 0 saturated carbocycles. The molecule has 1 heterocycles. The smallest absolute Gasteiger partial charge is 0.242 e. The van der Waals surface area contributed by atoms with E-state index in [-0.39, 0.29) is 11.5 Å². The molecule has 0 spiro atoms. The third-order valence-corrected chi connectivity index (χ3v) is 3.10. The van der Waals surface area contributed by atoms with Crippen LogP contribution in [0.1, 0.15) is 6.92 Å². The van der Waals surface area contributed by atoms with E-state index in [0.717, 1.165) is 0 Å². The maximum atomic E-state index is 11.4. The standard InChI is InChI=1S/C7H12N2O3S/c1-6(5-10)9-13(11,12)7-2-3-8-4-7/h2-4,6,8-10H,5H2,1H3/t6-/m0/s1. The van der Waals surface area contributed by atoms with Crippen molar-refractivity contribution in [3.05, 3.63) is 18.5 Å². The van der Waals surface area contributed by atoms with Gasteiger partial charge in [-0.1, -0.05) is 0 Å². The second-order valence-corrected chi connectivity index (χ2v) is 4.47. The Morgan fingerprint density at radius 2 is 2.38 bits per heavy atom. The maximum Gasteiger partial charge on any atom is 0.242 e. The summed E-state index contributed by atoms with van der Waals surface area (Å²) in [5.74, 6) is 0. The van der Waals surface area contributed by atoms with Crippen molar-refractivity contribution >= 4 is 10.0 Å². The van der Waals surface area contributed by atoms with E-state index in [1.165, 1.54) is 18.5 Å². The van der Waals surface area contributed by atoms with Gasteiger partial charge in [-0.15, -0.1) is 0 Å². The van der Waals surface area contributed by atoms with Gasteiger partial charge in [-0.2, -0.15) is 0 Å². The monoisotopic (exact) mass is 204 g/mol. The molecule has 0 unspecified atom stereocenters. The van der Waals surface area contributed by atoms with Gasteiger partial charge in [-0.3, -0.25) is 0 Å². The molecule has 3 N–H and O–H groups in total. The number of aliphatic hydroxyl groups is 1. The Morgan fingerprint density at radius 1 is 1.69 bits per heavy atom. The van der Waals surface area contributed by atoms with Crippen molar-refractivity contribution in [1.82, 2.24) is 9.71 Å². The minimum Gasteiger partial charge on any atom is -0.395 e. The van der Waals surface area contributed by atoms with Gasteiger partial charge in [0.1, 0.15) is 0 Å². The summed E-state index contributed by atoms with van der Waals surface area (Å²) in [6.07, 6.45) is 2.91. The van der Waals surface area contributed by atoms with Gasteiger partial charge in [-0.05, 0) is 13.0 Å². The molecule has 0 aliphatic rings. The van der Waals surface area contributed by atoms with Crippen LogP contribution in [0.25, 0.3) is 0 Å². The Balaban J connectivity index is 2.79. The Hall–Kier alpha value is -0.850. The lowest BCUT2D eigenvalue weighted by atomic mass is 10.4. The van der Waals surface area contributed by atoms with E-state index in [9.17, 15) is 8.42 Å². The van der Waals surface area contributed by atoms with E-state index < -0.39 is 16.1 Å². The molecule has 0 aromatic carbocycles. The predicted molar refractivity (Wildman–Crippen MR) is 47.7 cm³/mol. The number of aliphatic hydroxyl groups excluding tert-OH is 1. The molecule has 0 aliphatic heterocycles. The van der Waals surface area contributed by atoms with Gasteiger partial charge in [-0.25, -0.2) is 13.1 Å². The van der Waals surface area contributed by atoms with Crippen LogP contribution in [0.15, 0.2) is 23.4 Å². The third kappa shape index (κ3) is 2.55. The number of H-pyrrole nitrogens is 1. The molecule has 0 aliphatic carbocycles. The Kier molecular flexibility index (Phi) is 3.07. The zero-order chi connectivity index (χ0) is 9.90. The molecule has 1 aromatic heterocycles. The first-order valence-electron chi connectivity index (χ1n) is 3.82. The second-order valence-electron chi connectivity index (χ2n) is 2.75. The van der Waals surface area contributed by atoms with E-state index in [2.05, 4.69) is 9.71 Å². The van der Waals surface area contributed by atoms with Crippen molar-refractivity contribution in [3.8, 4) is 0 Å². The number of rotatable bonds is 4. The minimum absolute atomic E-state index is 0.174. The largest absolute Gasteiger partial charge is 0.395 e. The molecule has 0 radical (unpaired) electrons. The average Bonchev–Trinajstić information content (AvgIpc) is 2.55. The maximum absolute atomic E-state index is 11.4. The van der Waals surface area contributed by atoms with Gasteiger partial charge in [0.25, 0.3) is 0 Å². The molecule has 6 heteroatoms. The van der Waals surface area contributed by atoms with Crippen LogP contribution < -0.4 is 4.72 Å². The van der Waals surface area contributed by atoms with E-state index >= 15 is 0 Å². The fourth-order valence-corrected chi connectivity index (χ4v) is 2.06. The topological polar surface area (TPSA) is 82.2 Å². The summed E-state index contributed by atoms with van der Waals surface area (Å²) in [5, 5.41) is 8.66. The average molecular weight is 204 g/mol. The highest BCUT2D eigenvalue weighted by Gasteiger charge is 2.16. The molecular formula is C7H12N2O3S. The van der Waals surface area contributed by atoms with Crippen molar-refractivity contribution in [2.75, 3.05) is 6.61 Å². The highest BCUT2D eigenvalue weighted by atomic mass is 32.2. The molecule has 0 amide bonds. The van der Waals surface area contributed by atoms with Gasteiger partial charge in [0, 0.05) is 18.4 Å². The lowest BCUT2D eigenvalue weighted by Crippen LogP contribution is -2.34. The molecule has 5 nitrogen and oxygen atoms in total. The molecule has 0 bridgehead atoms. The summed E-state index contributed by atoms with van der Waals surface area (Å²) < 4.78 is 25.2. The molecular weight excluding hydrogens is 192 g/mol. The van der Waals surface area contributed by atoms with Crippen LogP contribution in [0.4, 0.5) is 0 Å². The van der Waals surface area contributed by atoms with Gasteiger partial charge in [0.05, 0.1) is 11.5 Å². The zero-order valence-electron chi connectivity index (χ0n) is 7.19. The van der Waals surface area contributed by atoms with Crippen LogP contribution in [0.2, 0.25) is 0 Å². The van der Waals surface area contributed by atoms with E-state index in [4.69, 9.17) is 5.11 Å². The van der Waals surface area contributed by atoms with Crippen LogP contribution in [0.5, 0.6) is 0 Å². The number of sulfonamides is 1. The summed E-state index contributed by atoms with van der Waals surface area (Å²) in [5.41, 5.74) is 0. The summed E-state index contributed by atoms with van der Waals surface area (Å²) >= 11 is 0. The van der Waals surface area contributed by atoms with Crippen LogP contribution in [0, 0.1) is 0 Å². The van der Waals surface area contributed by atoms with E-state index in [1.54, 1.807) is 6.92 Å². The molecule has 1 aromatic rings. The number of nitrogens with one attached hydrogen (secondary N) is 2. The fourth-order valence-electron chi connectivity index (χ4n) is 0.846. The van der Waals surface area contributed by atoms with Gasteiger partial charge < -0.3 is 10.1 Å². The fraction of sp³-hybridized carbons (Fsp3) is 0.429. The Bertz CT molecular complexity index is 344. The molecule has 0 fully saturated rings. The van der Waals surface area contributed by atoms with E-state index in [0.29, 0.717) is 0 Å². The van der Waals surface area contributed by atoms with Crippen LogP contribution in [-0.2, 0) is 10.0 Å². The first-order chi connectivity index (χ1) is 6.06. The zero-order valence-corrected chi connectivity index (χ0v) is 8.00. The Labute approximate surface area is 76.8 Å². The molecule has 1 atom stereocenters. The van der Waals surface area contributed by atoms with Crippen LogP contribution in [-0.4, -0.2) is 31.2 Å². The summed E-state index contributed by atoms with van der Waals surface area (Å²) in [7, 11) is -3.47. The summed E-state index contributed by atoms with van der Waals surface area (Å²) in [6.45, 7) is 1.37. The van der Waals surface area contributed by atoms with Crippen molar-refractivity contribution in [3.63, 3.8) is 0 Å². The number of aromatic amines is 1. The van der Waals surface area contributed by atoms with Crippen molar-refractivity contribution in [1.29, 1.82) is 0 Å². The SMILES string of the molecule is C[C@@H](CO)NS(=O)(=O)c1cc[nH]c1. The molecule has 13 heavy (non-hydrogen) atoms. The summed E-state index contributed by atoms with van der Waals surface area (Å²) in [6, 6.07) is 0.979. The quantitative estimate of drug-likeness (QED) is 0.628. The van der Waals surface area contributed by atoms with E-state index in [1.807, 2.05) is 0 Å². The molecule has 1 rings (SSSR count). The third-order valence-electron chi connectivity index (χ3n) is 1.51. The normalized spacial score (nSPS) is 14.3. The molecule has 0 saturated heterocycles. The highest BCUT2D eigenvalue weighted by molar-refractivity contribution is 7.89. The van der Waals surface area contributed by atoms with Crippen molar-refractivity contribution in [2.45, 2.75) is 17.9 Å².